The first-order valence-electron chi connectivity index (χ1n) is 10.0. The molecule has 8 nitrogen and oxygen atoms in total. The minimum Gasteiger partial charge on any atom is -0.355 e. The minimum absolute atomic E-state index is 0.00248. The Kier molecular flexibility index (Phi) is 8.09. The van der Waals surface area contributed by atoms with E-state index in [1.807, 2.05) is 30.3 Å². The van der Waals surface area contributed by atoms with Crippen LogP contribution in [0.15, 0.2) is 30.3 Å². The largest absolute Gasteiger partial charge is 0.355 e. The van der Waals surface area contributed by atoms with E-state index >= 15 is 0 Å². The second-order valence-electron chi connectivity index (χ2n) is 6.95. The monoisotopic (exact) mass is 416 g/mol. The van der Waals surface area contributed by atoms with Gasteiger partial charge in [0.25, 0.3) is 5.91 Å². The lowest BCUT2D eigenvalue weighted by Crippen LogP contribution is -2.48. The molecule has 0 unspecified atom stereocenters. The first kappa shape index (κ1) is 21.4. The third-order valence-corrected chi connectivity index (χ3v) is 5.90. The summed E-state index contributed by atoms with van der Waals surface area (Å²) in [6.45, 7) is 9.14. The van der Waals surface area contributed by atoms with Crippen molar-refractivity contribution in [3.63, 3.8) is 0 Å². The summed E-state index contributed by atoms with van der Waals surface area (Å²) in [5, 5.41) is 14.7. The molecule has 2 amide bonds. The fourth-order valence-corrected chi connectivity index (χ4v) is 3.88. The van der Waals surface area contributed by atoms with Gasteiger partial charge in [0.1, 0.15) is 5.01 Å². The summed E-state index contributed by atoms with van der Waals surface area (Å²) in [6, 6.07) is 9.22. The number of aromatic nitrogens is 2. The Hall–Kier alpha value is -2.36. The number of nitrogens with zero attached hydrogens (tertiary/aromatic N) is 4. The number of anilines is 1. The Morgan fingerprint density at radius 1 is 1.07 bits per heavy atom. The normalized spacial score (nSPS) is 15.2. The van der Waals surface area contributed by atoms with Gasteiger partial charge >= 0.3 is 0 Å². The molecule has 3 rings (SSSR count). The lowest BCUT2D eigenvalue weighted by Gasteiger charge is -2.33. The molecule has 29 heavy (non-hydrogen) atoms. The number of carbonyl (C=O) groups is 2. The van der Waals surface area contributed by atoms with Gasteiger partial charge in [0, 0.05) is 57.8 Å². The molecule has 1 aliphatic heterocycles. The van der Waals surface area contributed by atoms with Gasteiger partial charge < -0.3 is 15.5 Å². The zero-order chi connectivity index (χ0) is 20.5. The van der Waals surface area contributed by atoms with Crippen molar-refractivity contribution in [1.29, 1.82) is 0 Å². The number of likely N-dealkylation sites (N-methyl/N-ethyl adjacent to an activating group) is 1. The number of benzene rings is 1. The predicted octanol–water partition coefficient (Wildman–Crippen LogP) is 1.48. The van der Waals surface area contributed by atoms with E-state index in [2.05, 4.69) is 37.6 Å². The highest BCUT2D eigenvalue weighted by Crippen LogP contribution is 2.14. The second-order valence-corrected chi connectivity index (χ2v) is 8.01. The van der Waals surface area contributed by atoms with Crippen molar-refractivity contribution in [3.8, 4) is 0 Å². The molecule has 1 fully saturated rings. The SMILES string of the molecule is CCN1CCN(CCNC(=O)CCc2nnc(C(=O)Nc3ccccc3)s2)CC1. The fourth-order valence-electron chi connectivity index (χ4n) is 3.14. The van der Waals surface area contributed by atoms with Crippen molar-refractivity contribution in [2.75, 3.05) is 51.1 Å². The van der Waals surface area contributed by atoms with Crippen LogP contribution in [0.3, 0.4) is 0 Å². The van der Waals surface area contributed by atoms with E-state index < -0.39 is 0 Å². The molecule has 1 aromatic carbocycles. The van der Waals surface area contributed by atoms with Gasteiger partial charge in [0.2, 0.25) is 10.9 Å². The highest BCUT2D eigenvalue weighted by molar-refractivity contribution is 7.13. The number of hydrogen-bond donors (Lipinski definition) is 2. The fraction of sp³-hybridized carbons (Fsp3) is 0.500. The molecule has 0 saturated carbocycles. The summed E-state index contributed by atoms with van der Waals surface area (Å²) in [5.74, 6) is -0.282. The van der Waals surface area contributed by atoms with Crippen LogP contribution in [0.1, 0.15) is 28.2 Å². The number of nitrogens with one attached hydrogen (secondary N) is 2. The Morgan fingerprint density at radius 3 is 2.52 bits per heavy atom. The summed E-state index contributed by atoms with van der Waals surface area (Å²) in [5.41, 5.74) is 0.713. The van der Waals surface area contributed by atoms with E-state index in [0.717, 1.165) is 39.3 Å². The van der Waals surface area contributed by atoms with Gasteiger partial charge in [-0.1, -0.05) is 36.5 Å². The van der Waals surface area contributed by atoms with E-state index in [1.54, 1.807) is 0 Å². The number of para-hydroxylation sites is 1. The number of amides is 2. The topological polar surface area (TPSA) is 90.5 Å². The lowest BCUT2D eigenvalue weighted by atomic mass is 10.3. The molecule has 0 bridgehead atoms. The number of hydrogen-bond acceptors (Lipinski definition) is 7. The first-order chi connectivity index (χ1) is 14.1. The summed E-state index contributed by atoms with van der Waals surface area (Å²) in [7, 11) is 0. The maximum atomic E-state index is 12.2. The molecule has 0 atom stereocenters. The molecule has 2 heterocycles. The first-order valence-corrected chi connectivity index (χ1v) is 10.9. The van der Waals surface area contributed by atoms with Crippen LogP contribution in [0.5, 0.6) is 0 Å². The van der Waals surface area contributed by atoms with E-state index in [0.29, 0.717) is 35.1 Å². The summed E-state index contributed by atoms with van der Waals surface area (Å²) in [6.07, 6.45) is 0.829. The molecule has 1 saturated heterocycles. The van der Waals surface area contributed by atoms with Gasteiger partial charge in [0.05, 0.1) is 0 Å². The average Bonchev–Trinajstić information content (AvgIpc) is 3.23. The molecule has 2 aromatic rings. The number of piperazine rings is 1. The van der Waals surface area contributed by atoms with Crippen LogP contribution < -0.4 is 10.6 Å². The van der Waals surface area contributed by atoms with Crippen molar-refractivity contribution >= 4 is 28.8 Å². The van der Waals surface area contributed by atoms with Gasteiger partial charge in [-0.15, -0.1) is 10.2 Å². The molecule has 9 heteroatoms. The van der Waals surface area contributed by atoms with Crippen LogP contribution in [-0.2, 0) is 11.2 Å². The summed E-state index contributed by atoms with van der Waals surface area (Å²) >= 11 is 1.22. The predicted molar refractivity (Wildman–Crippen MR) is 114 cm³/mol. The van der Waals surface area contributed by atoms with Crippen molar-refractivity contribution in [2.24, 2.45) is 0 Å². The Bertz CT molecular complexity index is 789. The highest BCUT2D eigenvalue weighted by atomic mass is 32.1. The van der Waals surface area contributed by atoms with Crippen molar-refractivity contribution in [3.05, 3.63) is 40.3 Å². The molecule has 0 aliphatic carbocycles. The van der Waals surface area contributed by atoms with Crippen LogP contribution in [-0.4, -0.2) is 77.6 Å². The maximum Gasteiger partial charge on any atom is 0.286 e. The average molecular weight is 417 g/mol. The Balaban J connectivity index is 1.34. The minimum atomic E-state index is -0.285. The van der Waals surface area contributed by atoms with Gasteiger partial charge in [-0.2, -0.15) is 0 Å². The third-order valence-electron chi connectivity index (χ3n) is 4.92. The molecule has 1 aromatic heterocycles. The van der Waals surface area contributed by atoms with Crippen LogP contribution in [0, 0.1) is 0 Å². The summed E-state index contributed by atoms with van der Waals surface area (Å²) in [4.78, 5) is 29.1. The van der Waals surface area contributed by atoms with E-state index in [-0.39, 0.29) is 11.8 Å². The quantitative estimate of drug-likeness (QED) is 0.644. The Morgan fingerprint density at radius 2 is 1.79 bits per heavy atom. The van der Waals surface area contributed by atoms with Gasteiger partial charge in [-0.3, -0.25) is 14.5 Å². The van der Waals surface area contributed by atoms with E-state index in [1.165, 1.54) is 11.3 Å². The summed E-state index contributed by atoms with van der Waals surface area (Å²) < 4.78 is 0. The van der Waals surface area contributed by atoms with Crippen molar-refractivity contribution < 1.29 is 9.59 Å². The highest BCUT2D eigenvalue weighted by Gasteiger charge is 2.16. The molecule has 156 valence electrons. The van der Waals surface area contributed by atoms with E-state index in [9.17, 15) is 9.59 Å². The third kappa shape index (κ3) is 6.88. The smallest absolute Gasteiger partial charge is 0.286 e. The van der Waals surface area contributed by atoms with Crippen LogP contribution in [0.25, 0.3) is 0 Å². The van der Waals surface area contributed by atoms with Crippen molar-refractivity contribution in [2.45, 2.75) is 19.8 Å². The molecule has 0 spiro atoms. The number of rotatable bonds is 9. The molecule has 0 radical (unpaired) electrons. The second kappa shape index (κ2) is 11.0. The van der Waals surface area contributed by atoms with Crippen molar-refractivity contribution in [1.82, 2.24) is 25.3 Å². The van der Waals surface area contributed by atoms with Crippen LogP contribution in [0.4, 0.5) is 5.69 Å². The molecule has 2 N–H and O–H groups in total. The Labute approximate surface area is 175 Å². The van der Waals surface area contributed by atoms with Gasteiger partial charge in [-0.05, 0) is 18.7 Å². The number of carbonyl (C=O) groups excluding carboxylic acids is 2. The lowest BCUT2D eigenvalue weighted by molar-refractivity contribution is -0.121. The van der Waals surface area contributed by atoms with Gasteiger partial charge in [-0.25, -0.2) is 0 Å². The molecular formula is C20H28N6O2S. The zero-order valence-electron chi connectivity index (χ0n) is 16.8. The van der Waals surface area contributed by atoms with Gasteiger partial charge in [0.15, 0.2) is 0 Å². The molecule has 1 aliphatic rings. The molecular weight excluding hydrogens is 388 g/mol. The van der Waals surface area contributed by atoms with Crippen LogP contribution >= 0.6 is 11.3 Å². The maximum absolute atomic E-state index is 12.2. The standard InChI is InChI=1S/C20H28N6O2S/c1-2-25-12-14-26(15-13-25)11-10-21-17(27)8-9-18-23-24-20(29-18)19(28)22-16-6-4-3-5-7-16/h3-7H,2,8-15H2,1H3,(H,21,27)(H,22,28). The zero-order valence-corrected chi connectivity index (χ0v) is 17.6. The number of aryl methyl sites for hydroxylation is 1. The van der Waals surface area contributed by atoms with E-state index in [4.69, 9.17) is 0 Å². The van der Waals surface area contributed by atoms with Crippen LogP contribution in [0.2, 0.25) is 0 Å².